The predicted octanol–water partition coefficient (Wildman–Crippen LogP) is 5.91. The van der Waals surface area contributed by atoms with Gasteiger partial charge in [-0.2, -0.15) is 10.4 Å². The van der Waals surface area contributed by atoms with Crippen LogP contribution in [0.1, 0.15) is 30.0 Å². The second-order valence-corrected chi connectivity index (χ2v) is 9.07. The van der Waals surface area contributed by atoms with Crippen molar-refractivity contribution in [1.82, 2.24) is 14.7 Å². The third kappa shape index (κ3) is 6.26. The van der Waals surface area contributed by atoms with Crippen LogP contribution < -0.4 is 10.6 Å². The molecule has 0 saturated carbocycles. The first kappa shape index (κ1) is 26.2. The third-order valence-electron chi connectivity index (χ3n) is 6.01. The normalized spacial score (nSPS) is 10.5. The molecule has 0 aliphatic rings. The molecule has 2 N–H and O–H groups in total. The molecular weight excluding hydrogens is 476 g/mol. The Morgan fingerprint density at radius 3 is 2.37 bits per heavy atom. The van der Waals surface area contributed by atoms with Crippen molar-refractivity contribution in [1.29, 1.82) is 5.26 Å². The first-order chi connectivity index (χ1) is 18.4. The number of aromatic nitrogens is 2. The number of rotatable bonds is 8. The minimum absolute atomic E-state index is 0.130. The number of anilines is 2. The van der Waals surface area contributed by atoms with Crippen LogP contribution in [0.4, 0.5) is 16.3 Å². The zero-order valence-electron chi connectivity index (χ0n) is 21.7. The monoisotopic (exact) mass is 506 g/mol. The Balaban J connectivity index is 1.56. The van der Waals surface area contributed by atoms with Crippen LogP contribution in [0.3, 0.4) is 0 Å². The Labute approximate surface area is 222 Å². The molecular formula is C30H30N6O2. The predicted molar refractivity (Wildman–Crippen MR) is 149 cm³/mol. The number of hydrogen-bond acceptors (Lipinski definition) is 4. The van der Waals surface area contributed by atoms with Gasteiger partial charge in [-0.05, 0) is 56.2 Å². The van der Waals surface area contributed by atoms with Crippen molar-refractivity contribution in [3.8, 4) is 23.0 Å². The summed E-state index contributed by atoms with van der Waals surface area (Å²) in [7, 11) is 0. The SMILES string of the molecule is CCCN(CC(=O)Nc1cc(-c2ccccc2)nn1-c1ccc(C)cc1C)C(=O)Nc1ccc(C#N)cc1. The molecule has 0 unspecified atom stereocenters. The summed E-state index contributed by atoms with van der Waals surface area (Å²) >= 11 is 0. The minimum atomic E-state index is -0.389. The van der Waals surface area contributed by atoms with Gasteiger partial charge in [0.05, 0.1) is 23.0 Å². The summed E-state index contributed by atoms with van der Waals surface area (Å²) < 4.78 is 1.73. The number of carbonyl (C=O) groups excluding carboxylic acids is 2. The average molecular weight is 507 g/mol. The van der Waals surface area contributed by atoms with Crippen LogP contribution in [0.15, 0.2) is 78.9 Å². The molecule has 0 atom stereocenters. The molecule has 0 aliphatic carbocycles. The van der Waals surface area contributed by atoms with Crippen molar-refractivity contribution in [2.75, 3.05) is 23.7 Å². The maximum absolute atomic E-state index is 13.2. The van der Waals surface area contributed by atoms with Crippen molar-refractivity contribution in [2.45, 2.75) is 27.2 Å². The number of urea groups is 1. The van der Waals surface area contributed by atoms with Crippen LogP contribution in [0.2, 0.25) is 0 Å². The highest BCUT2D eigenvalue weighted by Gasteiger charge is 2.20. The van der Waals surface area contributed by atoms with E-state index >= 15 is 0 Å². The molecule has 0 spiro atoms. The Bertz CT molecular complexity index is 1470. The van der Waals surface area contributed by atoms with Gasteiger partial charge in [-0.25, -0.2) is 9.48 Å². The molecule has 4 aromatic rings. The molecule has 192 valence electrons. The van der Waals surface area contributed by atoms with Crippen LogP contribution in [0.25, 0.3) is 16.9 Å². The second-order valence-electron chi connectivity index (χ2n) is 9.07. The van der Waals surface area contributed by atoms with Gasteiger partial charge in [0.2, 0.25) is 5.91 Å². The van der Waals surface area contributed by atoms with E-state index in [0.717, 1.165) is 28.1 Å². The highest BCUT2D eigenvalue weighted by atomic mass is 16.2. The van der Waals surface area contributed by atoms with Gasteiger partial charge in [-0.15, -0.1) is 0 Å². The lowest BCUT2D eigenvalue weighted by atomic mass is 10.1. The van der Waals surface area contributed by atoms with E-state index in [0.29, 0.717) is 30.0 Å². The molecule has 1 aromatic heterocycles. The van der Waals surface area contributed by atoms with E-state index in [1.165, 1.54) is 4.90 Å². The second kappa shape index (κ2) is 11.9. The quantitative estimate of drug-likeness (QED) is 0.310. The molecule has 0 aliphatic heterocycles. The molecule has 0 saturated heterocycles. The first-order valence-corrected chi connectivity index (χ1v) is 12.5. The van der Waals surface area contributed by atoms with Gasteiger partial charge in [0, 0.05) is 23.9 Å². The van der Waals surface area contributed by atoms with Crippen molar-refractivity contribution in [2.24, 2.45) is 0 Å². The topological polar surface area (TPSA) is 103 Å². The van der Waals surface area contributed by atoms with Crippen LogP contribution in [-0.4, -0.2) is 39.7 Å². The number of nitriles is 1. The summed E-state index contributed by atoms with van der Waals surface area (Å²) in [6.07, 6.45) is 0.687. The number of aryl methyl sites for hydroxylation is 2. The van der Waals surface area contributed by atoms with Gasteiger partial charge in [-0.1, -0.05) is 55.0 Å². The lowest BCUT2D eigenvalue weighted by molar-refractivity contribution is -0.116. The Kier molecular flexibility index (Phi) is 8.19. The number of benzene rings is 3. The first-order valence-electron chi connectivity index (χ1n) is 12.5. The van der Waals surface area contributed by atoms with E-state index in [9.17, 15) is 9.59 Å². The van der Waals surface area contributed by atoms with Crippen LogP contribution in [0, 0.1) is 25.2 Å². The average Bonchev–Trinajstić information content (AvgIpc) is 3.32. The number of nitrogens with zero attached hydrogens (tertiary/aromatic N) is 4. The fraction of sp³-hybridized carbons (Fsp3) is 0.200. The summed E-state index contributed by atoms with van der Waals surface area (Å²) in [6, 6.07) is 25.9. The van der Waals surface area contributed by atoms with Crippen LogP contribution in [0.5, 0.6) is 0 Å². The van der Waals surface area contributed by atoms with Gasteiger partial charge in [0.15, 0.2) is 0 Å². The highest BCUT2D eigenvalue weighted by Crippen LogP contribution is 2.26. The summed E-state index contributed by atoms with van der Waals surface area (Å²) in [6.45, 7) is 6.26. The van der Waals surface area contributed by atoms with Crippen LogP contribution in [-0.2, 0) is 4.79 Å². The van der Waals surface area contributed by atoms with Crippen molar-refractivity contribution >= 4 is 23.4 Å². The van der Waals surface area contributed by atoms with Gasteiger partial charge in [0.25, 0.3) is 0 Å². The van der Waals surface area contributed by atoms with Gasteiger partial charge < -0.3 is 15.5 Å². The largest absolute Gasteiger partial charge is 0.322 e. The summed E-state index contributed by atoms with van der Waals surface area (Å²) in [4.78, 5) is 27.6. The summed E-state index contributed by atoms with van der Waals surface area (Å²) in [5, 5.41) is 19.5. The summed E-state index contributed by atoms with van der Waals surface area (Å²) in [5.41, 5.74) is 5.73. The summed E-state index contributed by atoms with van der Waals surface area (Å²) in [5.74, 6) is 0.184. The molecule has 4 rings (SSSR count). The van der Waals surface area contributed by atoms with Gasteiger partial charge in [0.1, 0.15) is 12.4 Å². The lowest BCUT2D eigenvalue weighted by Crippen LogP contribution is -2.41. The van der Waals surface area contributed by atoms with E-state index in [-0.39, 0.29) is 18.5 Å². The number of nitrogens with one attached hydrogen (secondary N) is 2. The number of carbonyl (C=O) groups is 2. The molecule has 3 aromatic carbocycles. The zero-order valence-corrected chi connectivity index (χ0v) is 21.7. The Morgan fingerprint density at radius 2 is 1.71 bits per heavy atom. The van der Waals surface area contributed by atoms with Crippen LogP contribution >= 0.6 is 0 Å². The lowest BCUT2D eigenvalue weighted by Gasteiger charge is -2.22. The standard InChI is InChI=1S/C30H30N6O2/c1-4-16-35(30(38)32-25-13-11-23(19-31)12-14-25)20-29(37)33-28-18-26(24-8-6-5-7-9-24)34-36(28)27-15-10-21(2)17-22(27)3/h5-15,17-18H,4,16,20H2,1-3H3,(H,32,38)(H,33,37). The minimum Gasteiger partial charge on any atom is -0.315 e. The van der Waals surface area contributed by atoms with E-state index in [1.807, 2.05) is 69.3 Å². The zero-order chi connectivity index (χ0) is 27.1. The molecule has 8 nitrogen and oxygen atoms in total. The molecule has 3 amide bonds. The molecule has 38 heavy (non-hydrogen) atoms. The van der Waals surface area contributed by atoms with Crippen molar-refractivity contribution < 1.29 is 9.59 Å². The van der Waals surface area contributed by atoms with Crippen molar-refractivity contribution in [3.63, 3.8) is 0 Å². The van der Waals surface area contributed by atoms with E-state index in [1.54, 1.807) is 28.9 Å². The van der Waals surface area contributed by atoms with Gasteiger partial charge in [-0.3, -0.25) is 4.79 Å². The molecule has 1 heterocycles. The smallest absolute Gasteiger partial charge is 0.315 e. The molecule has 8 heteroatoms. The van der Waals surface area contributed by atoms with E-state index < -0.39 is 0 Å². The third-order valence-corrected chi connectivity index (χ3v) is 6.01. The molecule has 0 bridgehead atoms. The Hall–Kier alpha value is -4.90. The molecule has 0 radical (unpaired) electrons. The maximum Gasteiger partial charge on any atom is 0.322 e. The number of amides is 3. The molecule has 0 fully saturated rings. The van der Waals surface area contributed by atoms with E-state index in [2.05, 4.69) is 22.8 Å². The maximum atomic E-state index is 13.2. The number of hydrogen-bond donors (Lipinski definition) is 2. The fourth-order valence-corrected chi connectivity index (χ4v) is 4.16. The van der Waals surface area contributed by atoms with Gasteiger partial charge >= 0.3 is 6.03 Å². The van der Waals surface area contributed by atoms with E-state index in [4.69, 9.17) is 10.4 Å². The highest BCUT2D eigenvalue weighted by molar-refractivity contribution is 5.97. The fourth-order valence-electron chi connectivity index (χ4n) is 4.16. The van der Waals surface area contributed by atoms with Crippen molar-refractivity contribution in [3.05, 3.63) is 95.6 Å². The Morgan fingerprint density at radius 1 is 0.974 bits per heavy atom.